The highest BCUT2D eigenvalue weighted by molar-refractivity contribution is 9.10. The van der Waals surface area contributed by atoms with Gasteiger partial charge < -0.3 is 4.74 Å². The molecule has 2 rings (SSSR count). The Bertz CT molecular complexity index is 755. The van der Waals surface area contributed by atoms with Crippen LogP contribution >= 0.6 is 15.9 Å². The van der Waals surface area contributed by atoms with Crippen LogP contribution in [-0.4, -0.2) is 18.7 Å². The third-order valence-electron chi connectivity index (χ3n) is 2.96. The summed E-state index contributed by atoms with van der Waals surface area (Å²) in [6.45, 7) is 3.92. The minimum absolute atomic E-state index is 0.324. The standard InChI is InChI=1S/C19H17BrN2O2/c1-2-13-24-18-11-10-16(20)14-17(18)19(23)22-21-12-6-9-15-7-4-3-5-8-15/h2-12,14H,1,13H2,(H,22,23)/b9-6+,21-12-. The van der Waals surface area contributed by atoms with E-state index in [0.29, 0.717) is 17.9 Å². The zero-order chi connectivity index (χ0) is 17.2. The van der Waals surface area contributed by atoms with E-state index < -0.39 is 0 Å². The number of nitrogens with zero attached hydrogens (tertiary/aromatic N) is 1. The number of halogens is 1. The second-order valence-electron chi connectivity index (χ2n) is 4.73. The molecule has 0 unspecified atom stereocenters. The summed E-state index contributed by atoms with van der Waals surface area (Å²) in [5.74, 6) is 0.130. The molecule has 122 valence electrons. The van der Waals surface area contributed by atoms with E-state index in [9.17, 15) is 4.79 Å². The van der Waals surface area contributed by atoms with Gasteiger partial charge in [-0.25, -0.2) is 5.43 Å². The van der Waals surface area contributed by atoms with Gasteiger partial charge in [-0.1, -0.05) is 65.0 Å². The number of rotatable bonds is 7. The zero-order valence-electron chi connectivity index (χ0n) is 13.0. The number of benzene rings is 2. The number of hydrogen-bond acceptors (Lipinski definition) is 3. The van der Waals surface area contributed by atoms with Crippen LogP contribution in [0.1, 0.15) is 15.9 Å². The molecule has 0 spiro atoms. The zero-order valence-corrected chi connectivity index (χ0v) is 14.6. The van der Waals surface area contributed by atoms with Gasteiger partial charge in [0.2, 0.25) is 0 Å². The smallest absolute Gasteiger partial charge is 0.275 e. The summed E-state index contributed by atoms with van der Waals surface area (Å²) in [6, 6.07) is 15.0. The molecule has 0 bridgehead atoms. The number of nitrogens with one attached hydrogen (secondary N) is 1. The molecule has 0 saturated heterocycles. The summed E-state index contributed by atoms with van der Waals surface area (Å²) in [5, 5.41) is 3.91. The molecule has 1 amide bonds. The van der Waals surface area contributed by atoms with Gasteiger partial charge in [-0.2, -0.15) is 5.10 Å². The number of amides is 1. The van der Waals surface area contributed by atoms with Crippen LogP contribution in [0.4, 0.5) is 0 Å². The van der Waals surface area contributed by atoms with Crippen LogP contribution in [0.2, 0.25) is 0 Å². The molecule has 1 N–H and O–H groups in total. The average molecular weight is 385 g/mol. The van der Waals surface area contributed by atoms with Gasteiger partial charge in [0.1, 0.15) is 12.4 Å². The van der Waals surface area contributed by atoms with Crippen LogP contribution in [0, 0.1) is 0 Å². The highest BCUT2D eigenvalue weighted by atomic mass is 79.9. The third kappa shape index (κ3) is 5.52. The first-order valence-corrected chi connectivity index (χ1v) is 8.08. The Morgan fingerprint density at radius 3 is 2.79 bits per heavy atom. The van der Waals surface area contributed by atoms with Crippen molar-refractivity contribution in [2.45, 2.75) is 0 Å². The third-order valence-corrected chi connectivity index (χ3v) is 3.45. The van der Waals surface area contributed by atoms with Gasteiger partial charge in [0.15, 0.2) is 0 Å². The summed E-state index contributed by atoms with van der Waals surface area (Å²) < 4.78 is 6.27. The summed E-state index contributed by atoms with van der Waals surface area (Å²) >= 11 is 3.35. The fourth-order valence-corrected chi connectivity index (χ4v) is 2.23. The van der Waals surface area contributed by atoms with Gasteiger partial charge in [0.05, 0.1) is 5.56 Å². The molecule has 0 aliphatic heterocycles. The Balaban J connectivity index is 1.99. The van der Waals surface area contributed by atoms with Gasteiger partial charge in [0.25, 0.3) is 5.91 Å². The Hall–Kier alpha value is -2.66. The van der Waals surface area contributed by atoms with Crippen LogP contribution < -0.4 is 10.2 Å². The maximum Gasteiger partial charge on any atom is 0.275 e. The lowest BCUT2D eigenvalue weighted by Gasteiger charge is -2.09. The Morgan fingerprint density at radius 1 is 1.25 bits per heavy atom. The molecule has 2 aromatic rings. The van der Waals surface area contributed by atoms with Crippen LogP contribution in [0.15, 0.2) is 76.8 Å². The van der Waals surface area contributed by atoms with Crippen molar-refractivity contribution in [1.29, 1.82) is 0 Å². The van der Waals surface area contributed by atoms with Crippen molar-refractivity contribution in [3.05, 3.63) is 82.9 Å². The van der Waals surface area contributed by atoms with Crippen molar-refractivity contribution in [3.63, 3.8) is 0 Å². The number of hydrazone groups is 1. The van der Waals surface area contributed by atoms with Crippen molar-refractivity contribution >= 4 is 34.1 Å². The first-order chi connectivity index (χ1) is 11.7. The molecule has 0 atom stereocenters. The second kappa shape index (κ2) is 9.47. The van der Waals surface area contributed by atoms with E-state index >= 15 is 0 Å². The van der Waals surface area contributed by atoms with E-state index in [4.69, 9.17) is 4.74 Å². The first kappa shape index (κ1) is 17.7. The number of ether oxygens (including phenoxy) is 1. The first-order valence-electron chi connectivity index (χ1n) is 7.29. The molecule has 24 heavy (non-hydrogen) atoms. The normalized spacial score (nSPS) is 10.9. The molecule has 0 heterocycles. The van der Waals surface area contributed by atoms with Gasteiger partial charge in [0, 0.05) is 10.7 Å². The van der Waals surface area contributed by atoms with Crippen molar-refractivity contribution in [2.24, 2.45) is 5.10 Å². The molecule has 0 fully saturated rings. The van der Waals surface area contributed by atoms with E-state index in [1.165, 1.54) is 6.21 Å². The van der Waals surface area contributed by atoms with E-state index in [1.54, 1.807) is 30.4 Å². The molecule has 0 aliphatic rings. The number of carbonyl (C=O) groups excluding carboxylic acids is 1. The minimum atomic E-state index is -0.347. The molecule has 2 aromatic carbocycles. The van der Waals surface area contributed by atoms with E-state index in [1.807, 2.05) is 36.4 Å². The highest BCUT2D eigenvalue weighted by Crippen LogP contribution is 2.23. The Labute approximate surface area is 149 Å². The van der Waals surface area contributed by atoms with Crippen molar-refractivity contribution < 1.29 is 9.53 Å². The molecule has 0 aliphatic carbocycles. The lowest BCUT2D eigenvalue weighted by atomic mass is 10.2. The maximum absolute atomic E-state index is 12.2. The summed E-state index contributed by atoms with van der Waals surface area (Å²) in [6.07, 6.45) is 6.79. The van der Waals surface area contributed by atoms with Gasteiger partial charge in [-0.3, -0.25) is 4.79 Å². The molecule has 4 nitrogen and oxygen atoms in total. The largest absolute Gasteiger partial charge is 0.489 e. The van der Waals surface area contributed by atoms with Gasteiger partial charge in [-0.15, -0.1) is 0 Å². The van der Waals surface area contributed by atoms with Crippen molar-refractivity contribution in [1.82, 2.24) is 5.43 Å². The van der Waals surface area contributed by atoms with Crippen LogP contribution in [0.5, 0.6) is 5.75 Å². The molecular weight excluding hydrogens is 368 g/mol. The predicted octanol–water partition coefficient (Wildman–Crippen LogP) is 4.44. The summed E-state index contributed by atoms with van der Waals surface area (Å²) in [5.41, 5.74) is 3.94. The monoisotopic (exact) mass is 384 g/mol. The van der Waals surface area contributed by atoms with E-state index in [2.05, 4.69) is 33.0 Å². The SMILES string of the molecule is C=CCOc1ccc(Br)cc1C(=O)N/N=C\C=C\c1ccccc1. The van der Waals surface area contributed by atoms with Crippen LogP contribution in [0.25, 0.3) is 6.08 Å². The molecule has 5 heteroatoms. The summed E-state index contributed by atoms with van der Waals surface area (Å²) in [4.78, 5) is 12.2. The fourth-order valence-electron chi connectivity index (χ4n) is 1.87. The molecule has 0 radical (unpaired) electrons. The Morgan fingerprint density at radius 2 is 2.04 bits per heavy atom. The van der Waals surface area contributed by atoms with Crippen molar-refractivity contribution in [2.75, 3.05) is 6.61 Å². The van der Waals surface area contributed by atoms with Crippen LogP contribution in [0.3, 0.4) is 0 Å². The van der Waals surface area contributed by atoms with Gasteiger partial charge >= 0.3 is 0 Å². The topological polar surface area (TPSA) is 50.7 Å². The predicted molar refractivity (Wildman–Crippen MR) is 101 cm³/mol. The molecule has 0 aromatic heterocycles. The van der Waals surface area contributed by atoms with E-state index in [-0.39, 0.29) is 5.91 Å². The second-order valence-corrected chi connectivity index (χ2v) is 5.64. The average Bonchev–Trinajstić information content (AvgIpc) is 2.61. The number of allylic oxidation sites excluding steroid dienone is 1. The van der Waals surface area contributed by atoms with Crippen LogP contribution in [-0.2, 0) is 0 Å². The fraction of sp³-hybridized carbons (Fsp3) is 0.0526. The minimum Gasteiger partial charge on any atom is -0.489 e. The lowest BCUT2D eigenvalue weighted by Crippen LogP contribution is -2.18. The number of carbonyl (C=O) groups is 1. The lowest BCUT2D eigenvalue weighted by molar-refractivity contribution is 0.0951. The Kier molecular flexibility index (Phi) is 6.98. The highest BCUT2D eigenvalue weighted by Gasteiger charge is 2.12. The quantitative estimate of drug-likeness (QED) is 0.435. The van der Waals surface area contributed by atoms with E-state index in [0.717, 1.165) is 10.0 Å². The number of hydrogen-bond donors (Lipinski definition) is 1. The van der Waals surface area contributed by atoms with Crippen molar-refractivity contribution in [3.8, 4) is 5.75 Å². The maximum atomic E-state index is 12.2. The molecule has 0 saturated carbocycles. The molecular formula is C19H17BrN2O2. The van der Waals surface area contributed by atoms with Gasteiger partial charge in [-0.05, 0) is 29.8 Å². The summed E-state index contributed by atoms with van der Waals surface area (Å²) in [7, 11) is 0.